The first-order valence-corrected chi connectivity index (χ1v) is 14.6. The fourth-order valence-electron chi connectivity index (χ4n) is 4.76. The summed E-state index contributed by atoms with van der Waals surface area (Å²) in [5.74, 6) is 2.98. The second kappa shape index (κ2) is 13.6. The summed E-state index contributed by atoms with van der Waals surface area (Å²) in [5, 5.41) is 10.8. The normalized spacial score (nSPS) is 14.3. The van der Waals surface area contributed by atoms with Gasteiger partial charge in [-0.05, 0) is 56.6 Å². The standard InChI is InChI=1S/C31H40N10O2/c1-21(2)26-20-35-41-29(26)37-31(40-15-11-23(32)12-16-40)38-30(41)34-19-22-7-5-8-24(17-22)43-25-10-13-33-27(18-25)36-28(42)9-6-14-39(3)4/h5-10,13,17-18,20-21,23H,11-12,14-16,19,32H2,1-4H3,(H,33,36,42)(H,34,37,38)/b9-6+. The third-order valence-corrected chi connectivity index (χ3v) is 7.14. The highest BCUT2D eigenvalue weighted by molar-refractivity contribution is 5.98. The predicted octanol–water partition coefficient (Wildman–Crippen LogP) is 4.03. The van der Waals surface area contributed by atoms with E-state index < -0.39 is 0 Å². The molecule has 0 spiro atoms. The molecule has 0 atom stereocenters. The average molecular weight is 585 g/mol. The van der Waals surface area contributed by atoms with Gasteiger partial charge in [0.15, 0.2) is 5.65 Å². The summed E-state index contributed by atoms with van der Waals surface area (Å²) in [4.78, 5) is 30.4. The minimum absolute atomic E-state index is 0.223. The van der Waals surface area contributed by atoms with E-state index in [1.54, 1.807) is 28.9 Å². The van der Waals surface area contributed by atoms with Crippen LogP contribution in [0.2, 0.25) is 0 Å². The summed E-state index contributed by atoms with van der Waals surface area (Å²) in [6, 6.07) is 11.5. The van der Waals surface area contributed by atoms with Gasteiger partial charge in [-0.1, -0.05) is 32.1 Å². The number of aromatic nitrogens is 5. The quantitative estimate of drug-likeness (QED) is 0.222. The van der Waals surface area contributed by atoms with Gasteiger partial charge in [0.25, 0.3) is 0 Å². The topological polar surface area (TPSA) is 139 Å². The highest BCUT2D eigenvalue weighted by atomic mass is 16.5. The number of ether oxygens (including phenoxy) is 1. The lowest BCUT2D eigenvalue weighted by molar-refractivity contribution is -0.111. The zero-order chi connectivity index (χ0) is 30.3. The SMILES string of the molecule is CC(C)c1cnn2c(NCc3cccc(Oc4ccnc(NC(=O)/C=C/CN(C)C)c4)c3)nc(N3CCC(N)CC3)nc12. The number of fused-ring (bicyclic) bond motifs is 1. The molecule has 0 radical (unpaired) electrons. The van der Waals surface area contributed by atoms with E-state index in [9.17, 15) is 4.79 Å². The largest absolute Gasteiger partial charge is 0.457 e. The van der Waals surface area contributed by atoms with E-state index >= 15 is 0 Å². The maximum absolute atomic E-state index is 12.2. The highest BCUT2D eigenvalue weighted by Gasteiger charge is 2.22. The first kappa shape index (κ1) is 29.9. The van der Waals surface area contributed by atoms with E-state index in [2.05, 4.69) is 39.5 Å². The average Bonchev–Trinajstić information content (AvgIpc) is 3.41. The van der Waals surface area contributed by atoms with E-state index in [1.807, 2.05) is 49.5 Å². The van der Waals surface area contributed by atoms with Gasteiger partial charge in [-0.3, -0.25) is 4.79 Å². The Hall–Kier alpha value is -4.55. The number of likely N-dealkylation sites (N-methyl/N-ethyl adjacent to an activating group) is 1. The van der Waals surface area contributed by atoms with Crippen LogP contribution in [-0.4, -0.2) is 75.1 Å². The van der Waals surface area contributed by atoms with Gasteiger partial charge in [0.2, 0.25) is 17.8 Å². The van der Waals surface area contributed by atoms with Crippen molar-refractivity contribution in [3.63, 3.8) is 0 Å². The summed E-state index contributed by atoms with van der Waals surface area (Å²) < 4.78 is 7.88. The van der Waals surface area contributed by atoms with E-state index in [0.29, 0.717) is 42.3 Å². The number of nitrogens with two attached hydrogens (primary N) is 1. The molecule has 5 rings (SSSR count). The van der Waals surface area contributed by atoms with Crippen molar-refractivity contribution >= 4 is 29.3 Å². The number of carbonyl (C=O) groups is 1. The third kappa shape index (κ3) is 7.85. The van der Waals surface area contributed by atoms with Gasteiger partial charge in [0, 0.05) is 56.1 Å². The van der Waals surface area contributed by atoms with E-state index in [0.717, 1.165) is 42.7 Å². The van der Waals surface area contributed by atoms with Crippen LogP contribution in [0.15, 0.2) is 60.9 Å². The van der Waals surface area contributed by atoms with Gasteiger partial charge in [-0.2, -0.15) is 19.6 Å². The number of nitrogens with one attached hydrogen (secondary N) is 2. The maximum atomic E-state index is 12.2. The van der Waals surface area contributed by atoms with Crippen LogP contribution in [0, 0.1) is 0 Å². The van der Waals surface area contributed by atoms with Crippen molar-refractivity contribution in [1.29, 1.82) is 0 Å². The van der Waals surface area contributed by atoms with Crippen LogP contribution in [-0.2, 0) is 11.3 Å². The molecule has 43 heavy (non-hydrogen) atoms. The van der Waals surface area contributed by atoms with Gasteiger partial charge < -0.3 is 30.9 Å². The number of hydrogen-bond donors (Lipinski definition) is 3. The van der Waals surface area contributed by atoms with Crippen molar-refractivity contribution in [2.75, 3.05) is 49.3 Å². The molecule has 1 fully saturated rings. The van der Waals surface area contributed by atoms with Crippen molar-refractivity contribution < 1.29 is 9.53 Å². The molecule has 0 unspecified atom stereocenters. The fraction of sp³-hybridized carbons (Fsp3) is 0.387. The zero-order valence-corrected chi connectivity index (χ0v) is 25.2. The molecule has 12 heteroatoms. The van der Waals surface area contributed by atoms with Crippen molar-refractivity contribution in [3.8, 4) is 11.5 Å². The molecule has 1 aliphatic heterocycles. The first-order valence-electron chi connectivity index (χ1n) is 14.6. The zero-order valence-electron chi connectivity index (χ0n) is 25.2. The predicted molar refractivity (Wildman–Crippen MR) is 169 cm³/mol. The minimum atomic E-state index is -0.247. The fourth-order valence-corrected chi connectivity index (χ4v) is 4.76. The van der Waals surface area contributed by atoms with Crippen LogP contribution in [0.1, 0.15) is 43.7 Å². The number of hydrogen-bond acceptors (Lipinski definition) is 10. The lowest BCUT2D eigenvalue weighted by Gasteiger charge is -2.30. The third-order valence-electron chi connectivity index (χ3n) is 7.14. The molecule has 3 aromatic heterocycles. The number of rotatable bonds is 11. The summed E-state index contributed by atoms with van der Waals surface area (Å²) in [5.41, 5.74) is 9.02. The van der Waals surface area contributed by atoms with E-state index in [1.165, 1.54) is 6.08 Å². The number of carbonyl (C=O) groups excluding carboxylic acids is 1. The molecule has 12 nitrogen and oxygen atoms in total. The number of piperidine rings is 1. The van der Waals surface area contributed by atoms with Crippen LogP contribution >= 0.6 is 0 Å². The number of amides is 1. The molecular weight excluding hydrogens is 544 g/mol. The summed E-state index contributed by atoms with van der Waals surface area (Å²) in [6.45, 7) is 7.11. The van der Waals surface area contributed by atoms with Gasteiger partial charge in [0.05, 0.1) is 6.20 Å². The van der Waals surface area contributed by atoms with Gasteiger partial charge in [-0.15, -0.1) is 0 Å². The van der Waals surface area contributed by atoms with Crippen LogP contribution in [0.3, 0.4) is 0 Å². The first-order chi connectivity index (χ1) is 20.7. The van der Waals surface area contributed by atoms with Crippen molar-refractivity contribution in [1.82, 2.24) is 29.5 Å². The Morgan fingerprint density at radius 2 is 1.95 bits per heavy atom. The lowest BCUT2D eigenvalue weighted by Crippen LogP contribution is -2.40. The van der Waals surface area contributed by atoms with Crippen molar-refractivity contribution in [2.24, 2.45) is 5.73 Å². The Morgan fingerprint density at radius 3 is 2.72 bits per heavy atom. The molecule has 1 aromatic carbocycles. The number of pyridine rings is 1. The minimum Gasteiger partial charge on any atom is -0.457 e. The molecule has 4 heterocycles. The Morgan fingerprint density at radius 1 is 1.16 bits per heavy atom. The summed E-state index contributed by atoms with van der Waals surface area (Å²) in [7, 11) is 3.88. The highest BCUT2D eigenvalue weighted by Crippen LogP contribution is 2.26. The Labute approximate surface area is 252 Å². The van der Waals surface area contributed by atoms with Crippen molar-refractivity contribution in [2.45, 2.75) is 45.2 Å². The molecule has 1 aliphatic rings. The summed E-state index contributed by atoms with van der Waals surface area (Å²) >= 11 is 0. The monoisotopic (exact) mass is 584 g/mol. The molecule has 4 N–H and O–H groups in total. The number of anilines is 3. The van der Waals surface area contributed by atoms with Crippen LogP contribution < -0.4 is 26.0 Å². The molecule has 0 aliphatic carbocycles. The molecule has 1 amide bonds. The lowest BCUT2D eigenvalue weighted by atomic mass is 10.1. The number of benzene rings is 1. The van der Waals surface area contributed by atoms with Gasteiger partial charge in [-0.25, -0.2) is 4.98 Å². The van der Waals surface area contributed by atoms with Crippen LogP contribution in [0.25, 0.3) is 5.65 Å². The van der Waals surface area contributed by atoms with Crippen LogP contribution in [0.4, 0.5) is 17.7 Å². The molecule has 0 saturated carbocycles. The van der Waals surface area contributed by atoms with Gasteiger partial charge in [0.1, 0.15) is 17.3 Å². The van der Waals surface area contributed by atoms with E-state index in [4.69, 9.17) is 20.4 Å². The Balaban J connectivity index is 1.29. The molecule has 0 bridgehead atoms. The number of nitrogens with zero attached hydrogens (tertiary/aromatic N) is 7. The molecule has 1 saturated heterocycles. The van der Waals surface area contributed by atoms with E-state index in [-0.39, 0.29) is 17.9 Å². The van der Waals surface area contributed by atoms with Crippen molar-refractivity contribution in [3.05, 3.63) is 72.1 Å². The Bertz CT molecular complexity index is 1570. The Kier molecular flexibility index (Phi) is 9.48. The second-order valence-corrected chi connectivity index (χ2v) is 11.3. The summed E-state index contributed by atoms with van der Waals surface area (Å²) in [6.07, 6.45) is 8.59. The van der Waals surface area contributed by atoms with Crippen LogP contribution in [0.5, 0.6) is 11.5 Å². The maximum Gasteiger partial charge on any atom is 0.249 e. The molecule has 4 aromatic rings. The molecular formula is C31H40N10O2. The second-order valence-electron chi connectivity index (χ2n) is 11.3. The smallest absolute Gasteiger partial charge is 0.249 e. The molecule has 226 valence electrons. The van der Waals surface area contributed by atoms with Gasteiger partial charge >= 0.3 is 0 Å².